The second-order valence-electron chi connectivity index (χ2n) is 6.53. The van der Waals surface area contributed by atoms with E-state index in [1.807, 2.05) is 53.9 Å². The number of aliphatic hydroxyl groups is 1. The zero-order valence-corrected chi connectivity index (χ0v) is 16.1. The molecule has 0 bridgehead atoms. The molecule has 0 saturated carbocycles. The van der Waals surface area contributed by atoms with Gasteiger partial charge in [0.2, 0.25) is 0 Å². The number of Topliss-reactive ketones (excluding diaryl/α,β-unsaturated/α-hetero) is 1. The summed E-state index contributed by atoms with van der Waals surface area (Å²) in [5, 5.41) is 14.8. The van der Waals surface area contributed by atoms with Crippen molar-refractivity contribution in [3.8, 4) is 0 Å². The fourth-order valence-corrected chi connectivity index (χ4v) is 4.47. The van der Waals surface area contributed by atoms with Crippen molar-refractivity contribution < 1.29 is 19.4 Å². The largest absolute Gasteiger partial charge is 0.507 e. The van der Waals surface area contributed by atoms with E-state index in [9.17, 15) is 14.7 Å². The maximum Gasteiger partial charge on any atom is 0.295 e. The summed E-state index contributed by atoms with van der Waals surface area (Å²) in [6.07, 6.45) is 0. The number of nitrogens with zero attached hydrogens (tertiary/aromatic N) is 1. The van der Waals surface area contributed by atoms with E-state index in [1.54, 1.807) is 13.2 Å². The van der Waals surface area contributed by atoms with E-state index in [4.69, 9.17) is 4.74 Å². The topological polar surface area (TPSA) is 66.8 Å². The summed E-state index contributed by atoms with van der Waals surface area (Å²) in [5.74, 6) is -1.43. The molecule has 1 atom stereocenters. The third-order valence-corrected chi connectivity index (χ3v) is 5.86. The fourth-order valence-electron chi connectivity index (χ4n) is 3.62. The van der Waals surface area contributed by atoms with Crippen LogP contribution in [0, 0.1) is 0 Å². The van der Waals surface area contributed by atoms with E-state index in [0.717, 1.165) is 15.6 Å². The molecule has 0 radical (unpaired) electrons. The van der Waals surface area contributed by atoms with Crippen molar-refractivity contribution >= 4 is 39.6 Å². The number of thiophene rings is 1. The number of fused-ring (bicyclic) bond motifs is 1. The molecule has 1 aromatic heterocycles. The van der Waals surface area contributed by atoms with E-state index >= 15 is 0 Å². The number of hydrogen-bond donors (Lipinski definition) is 1. The predicted octanol–water partition coefficient (Wildman–Crippen LogP) is 3.97. The highest BCUT2D eigenvalue weighted by Crippen LogP contribution is 2.41. The standard InChI is InChI=1S/C22H19NO4S/c1-27-12-11-23-19(17-10-5-13-28-17)18(21(25)22(23)26)20(24)16-9-4-7-14-6-2-3-8-15(14)16/h2-10,13,19,24H,11-12H2,1H3/b20-18-. The van der Waals surface area contributed by atoms with Gasteiger partial charge in [-0.25, -0.2) is 0 Å². The molecule has 1 unspecified atom stereocenters. The van der Waals surface area contributed by atoms with Crippen LogP contribution in [-0.2, 0) is 14.3 Å². The van der Waals surface area contributed by atoms with Crippen LogP contribution in [0.3, 0.4) is 0 Å². The van der Waals surface area contributed by atoms with Crippen molar-refractivity contribution in [3.63, 3.8) is 0 Å². The van der Waals surface area contributed by atoms with Crippen molar-refractivity contribution in [1.29, 1.82) is 0 Å². The molecular weight excluding hydrogens is 374 g/mol. The first-order valence-electron chi connectivity index (χ1n) is 8.92. The van der Waals surface area contributed by atoms with Gasteiger partial charge in [-0.15, -0.1) is 11.3 Å². The Morgan fingerprint density at radius 2 is 1.89 bits per heavy atom. The van der Waals surface area contributed by atoms with Gasteiger partial charge in [0.05, 0.1) is 18.2 Å². The minimum atomic E-state index is -0.667. The second-order valence-corrected chi connectivity index (χ2v) is 7.51. The lowest BCUT2D eigenvalue weighted by atomic mass is 9.96. The number of carbonyl (C=O) groups is 2. The minimum absolute atomic E-state index is 0.125. The van der Waals surface area contributed by atoms with Gasteiger partial charge in [0.15, 0.2) is 0 Å². The highest BCUT2D eigenvalue weighted by molar-refractivity contribution is 7.10. The van der Waals surface area contributed by atoms with E-state index in [1.165, 1.54) is 16.2 Å². The van der Waals surface area contributed by atoms with Gasteiger partial charge in [-0.1, -0.05) is 48.5 Å². The normalized spacial score (nSPS) is 18.9. The first-order chi connectivity index (χ1) is 13.6. The summed E-state index contributed by atoms with van der Waals surface area (Å²) >= 11 is 1.45. The van der Waals surface area contributed by atoms with E-state index in [2.05, 4.69) is 0 Å². The number of carbonyl (C=O) groups excluding carboxylic acids is 2. The van der Waals surface area contributed by atoms with Crippen molar-refractivity contribution in [2.45, 2.75) is 6.04 Å². The van der Waals surface area contributed by atoms with Crippen molar-refractivity contribution in [2.24, 2.45) is 0 Å². The van der Waals surface area contributed by atoms with Crippen LogP contribution in [0.15, 0.2) is 65.6 Å². The Bertz CT molecular complexity index is 1070. The molecule has 2 heterocycles. The highest BCUT2D eigenvalue weighted by Gasteiger charge is 2.46. The average molecular weight is 393 g/mol. The van der Waals surface area contributed by atoms with Crippen LogP contribution in [0.2, 0.25) is 0 Å². The van der Waals surface area contributed by atoms with Gasteiger partial charge in [0.25, 0.3) is 11.7 Å². The lowest BCUT2D eigenvalue weighted by Crippen LogP contribution is -2.32. The number of methoxy groups -OCH3 is 1. The molecule has 0 aliphatic carbocycles. The van der Waals surface area contributed by atoms with Crippen LogP contribution >= 0.6 is 11.3 Å². The zero-order valence-electron chi connectivity index (χ0n) is 15.3. The molecule has 1 amide bonds. The first-order valence-corrected chi connectivity index (χ1v) is 9.80. The summed E-state index contributed by atoms with van der Waals surface area (Å²) in [7, 11) is 1.55. The lowest BCUT2D eigenvalue weighted by Gasteiger charge is -2.23. The third-order valence-electron chi connectivity index (χ3n) is 4.93. The average Bonchev–Trinajstić information content (AvgIpc) is 3.33. The molecule has 1 aliphatic rings. The molecule has 1 saturated heterocycles. The Hall–Kier alpha value is -2.96. The SMILES string of the molecule is COCCN1C(=O)C(=O)/C(=C(\O)c2cccc3ccccc23)C1c1cccs1. The smallest absolute Gasteiger partial charge is 0.295 e. The van der Waals surface area contributed by atoms with E-state index in [-0.39, 0.29) is 17.9 Å². The molecule has 1 aliphatic heterocycles. The van der Waals surface area contributed by atoms with Crippen LogP contribution in [0.1, 0.15) is 16.5 Å². The molecular formula is C22H19NO4S. The maximum atomic E-state index is 12.9. The van der Waals surface area contributed by atoms with Crippen LogP contribution < -0.4 is 0 Å². The van der Waals surface area contributed by atoms with Gasteiger partial charge >= 0.3 is 0 Å². The number of ether oxygens (including phenoxy) is 1. The van der Waals surface area contributed by atoms with Crippen LogP contribution in [0.4, 0.5) is 0 Å². The van der Waals surface area contributed by atoms with Gasteiger partial charge in [-0.3, -0.25) is 9.59 Å². The third kappa shape index (κ3) is 3.00. The maximum absolute atomic E-state index is 12.9. The Labute approximate surface area is 166 Å². The van der Waals surface area contributed by atoms with Crippen molar-refractivity contribution in [3.05, 3.63) is 76.0 Å². The molecule has 142 valence electrons. The van der Waals surface area contributed by atoms with Crippen LogP contribution in [0.5, 0.6) is 0 Å². The monoisotopic (exact) mass is 393 g/mol. The summed E-state index contributed by atoms with van der Waals surface area (Å²) in [4.78, 5) is 27.9. The van der Waals surface area contributed by atoms with Crippen molar-refractivity contribution in [2.75, 3.05) is 20.3 Å². The molecule has 2 aromatic carbocycles. The highest BCUT2D eigenvalue weighted by atomic mass is 32.1. The number of ketones is 1. The number of amides is 1. The van der Waals surface area contributed by atoms with Crippen molar-refractivity contribution in [1.82, 2.24) is 4.90 Å². The Morgan fingerprint density at radius 1 is 1.11 bits per heavy atom. The van der Waals surface area contributed by atoms with Gasteiger partial charge in [-0.05, 0) is 22.2 Å². The minimum Gasteiger partial charge on any atom is -0.507 e. The molecule has 0 spiro atoms. The summed E-state index contributed by atoms with van der Waals surface area (Å²) < 4.78 is 5.11. The summed E-state index contributed by atoms with van der Waals surface area (Å²) in [6.45, 7) is 0.583. The van der Waals surface area contributed by atoms with Gasteiger partial charge in [0.1, 0.15) is 5.76 Å². The van der Waals surface area contributed by atoms with E-state index in [0.29, 0.717) is 12.2 Å². The number of aliphatic hydroxyl groups excluding tert-OH is 1. The van der Waals surface area contributed by atoms with Gasteiger partial charge in [-0.2, -0.15) is 0 Å². The van der Waals surface area contributed by atoms with Gasteiger partial charge < -0.3 is 14.7 Å². The Kier molecular flexibility index (Phi) is 4.98. The molecule has 1 fully saturated rings. The van der Waals surface area contributed by atoms with Crippen LogP contribution in [0.25, 0.3) is 16.5 Å². The predicted molar refractivity (Wildman–Crippen MR) is 109 cm³/mol. The number of rotatable bonds is 5. The molecule has 28 heavy (non-hydrogen) atoms. The number of benzene rings is 2. The zero-order chi connectivity index (χ0) is 19.7. The Balaban J connectivity index is 1.92. The molecule has 1 N–H and O–H groups in total. The Morgan fingerprint density at radius 3 is 2.64 bits per heavy atom. The molecule has 6 heteroatoms. The second kappa shape index (κ2) is 7.58. The molecule has 4 rings (SSSR count). The van der Waals surface area contributed by atoms with E-state index < -0.39 is 17.7 Å². The number of hydrogen-bond acceptors (Lipinski definition) is 5. The molecule has 5 nitrogen and oxygen atoms in total. The fraction of sp³-hybridized carbons (Fsp3) is 0.182. The summed E-state index contributed by atoms with van der Waals surface area (Å²) in [5.41, 5.74) is 0.671. The molecule has 3 aromatic rings. The summed E-state index contributed by atoms with van der Waals surface area (Å²) in [6, 6.07) is 16.3. The number of likely N-dealkylation sites (tertiary alicyclic amines) is 1. The quantitative estimate of drug-likeness (QED) is 0.405. The first kappa shape index (κ1) is 18.4. The van der Waals surface area contributed by atoms with Crippen LogP contribution in [-0.4, -0.2) is 42.0 Å². The lowest BCUT2D eigenvalue weighted by molar-refractivity contribution is -0.140. The van der Waals surface area contributed by atoms with Gasteiger partial charge in [0, 0.05) is 24.1 Å².